The van der Waals surface area contributed by atoms with Crippen LogP contribution >= 0.6 is 15.6 Å². The van der Waals surface area contributed by atoms with Crippen LogP contribution in [0.15, 0.2) is 0 Å². The fourth-order valence-corrected chi connectivity index (χ4v) is 13.4. The molecule has 0 aromatic rings. The summed E-state index contributed by atoms with van der Waals surface area (Å²) in [4.78, 5) is 72.9. The second-order valence-corrected chi connectivity index (χ2v) is 32.4. The molecule has 7 atom stereocenters. The third kappa shape index (κ3) is 69.5. The lowest BCUT2D eigenvalue weighted by molar-refractivity contribution is -0.161. The number of unbranched alkanes of at least 4 members (excludes halogenated alkanes) is 39. The first-order valence-corrected chi connectivity index (χ1v) is 43.3. The van der Waals surface area contributed by atoms with Crippen molar-refractivity contribution in [2.45, 2.75) is 414 Å². The number of carbonyl (C=O) groups excluding carboxylic acids is 4. The minimum atomic E-state index is -4.96. The summed E-state index contributed by atoms with van der Waals surface area (Å²) in [7, 11) is -9.92. The van der Waals surface area contributed by atoms with E-state index >= 15 is 0 Å². The second-order valence-electron chi connectivity index (χ2n) is 29.5. The molecule has 0 bridgehead atoms. The number of esters is 4. The minimum absolute atomic E-state index is 0.106. The smallest absolute Gasteiger partial charge is 0.462 e. The van der Waals surface area contributed by atoms with E-state index in [2.05, 4.69) is 55.4 Å². The van der Waals surface area contributed by atoms with Gasteiger partial charge in [-0.2, -0.15) is 0 Å². The lowest BCUT2D eigenvalue weighted by Gasteiger charge is -2.21. The number of hydrogen-bond acceptors (Lipinski definition) is 15. The molecule has 0 aliphatic rings. The molecular formula is C78H152O17P2. The highest BCUT2D eigenvalue weighted by atomic mass is 31.2. The van der Waals surface area contributed by atoms with Crippen molar-refractivity contribution in [3.63, 3.8) is 0 Å². The Labute approximate surface area is 594 Å². The Kier molecular flexibility index (Phi) is 65.9. The summed E-state index contributed by atoms with van der Waals surface area (Å²) in [6, 6.07) is 0. The topological polar surface area (TPSA) is 237 Å². The lowest BCUT2D eigenvalue weighted by atomic mass is 9.99. The second kappa shape index (κ2) is 67.2. The SMILES string of the molecule is CCC(C)CCCCCCCCCCCCCCCCC(=O)O[C@H](COC(=O)CCCCCCCCC(C)CC)COP(=O)(O)OC[C@H](O)COP(=O)(O)OC[C@@H](COC(=O)CCCCCCCCCCCCC(C)C)OC(=O)CCCCCCCCCCCCCCCC(C)C. The van der Waals surface area contributed by atoms with E-state index in [0.29, 0.717) is 25.7 Å². The Balaban J connectivity index is 5.25. The van der Waals surface area contributed by atoms with E-state index in [1.165, 1.54) is 193 Å². The largest absolute Gasteiger partial charge is 0.472 e. The molecule has 0 aliphatic heterocycles. The van der Waals surface area contributed by atoms with Crippen molar-refractivity contribution in [1.29, 1.82) is 0 Å². The van der Waals surface area contributed by atoms with Crippen molar-refractivity contribution in [1.82, 2.24) is 0 Å². The summed E-state index contributed by atoms with van der Waals surface area (Å²) >= 11 is 0. The predicted molar refractivity (Wildman–Crippen MR) is 395 cm³/mol. The maximum atomic E-state index is 13.1. The van der Waals surface area contributed by atoms with Crippen molar-refractivity contribution in [2.75, 3.05) is 39.6 Å². The van der Waals surface area contributed by atoms with Crippen LogP contribution in [-0.2, 0) is 65.4 Å². The van der Waals surface area contributed by atoms with E-state index in [1.807, 2.05) is 0 Å². The van der Waals surface area contributed by atoms with Gasteiger partial charge in [-0.15, -0.1) is 0 Å². The van der Waals surface area contributed by atoms with E-state index < -0.39 is 97.5 Å². The van der Waals surface area contributed by atoms with Crippen molar-refractivity contribution in [3.05, 3.63) is 0 Å². The van der Waals surface area contributed by atoms with Crippen LogP contribution in [0.5, 0.6) is 0 Å². The van der Waals surface area contributed by atoms with E-state index in [1.54, 1.807) is 0 Å². The molecular weight excluding hydrogens is 1270 g/mol. The molecule has 3 N–H and O–H groups in total. The van der Waals surface area contributed by atoms with Gasteiger partial charge in [0.2, 0.25) is 0 Å². The molecule has 0 saturated carbocycles. The summed E-state index contributed by atoms with van der Waals surface area (Å²) in [5.74, 6) is 1.00. The fourth-order valence-electron chi connectivity index (χ4n) is 11.8. The van der Waals surface area contributed by atoms with Crippen molar-refractivity contribution in [2.24, 2.45) is 23.7 Å². The van der Waals surface area contributed by atoms with Gasteiger partial charge < -0.3 is 33.8 Å². The average Bonchev–Trinajstić information content (AvgIpc) is 1.54. The third-order valence-electron chi connectivity index (χ3n) is 18.8. The molecule has 0 heterocycles. The van der Waals surface area contributed by atoms with Gasteiger partial charge in [0, 0.05) is 25.7 Å². The molecule has 0 aromatic heterocycles. The number of phosphoric ester groups is 2. The van der Waals surface area contributed by atoms with Gasteiger partial charge in [0.05, 0.1) is 26.4 Å². The number of aliphatic hydroxyl groups is 1. The van der Waals surface area contributed by atoms with Gasteiger partial charge in [-0.1, -0.05) is 344 Å². The quantitative estimate of drug-likeness (QED) is 0.0222. The molecule has 4 unspecified atom stereocenters. The summed E-state index contributed by atoms with van der Waals surface area (Å²) in [6.07, 6.45) is 52.6. The van der Waals surface area contributed by atoms with Gasteiger partial charge in [0.25, 0.3) is 0 Å². The standard InChI is InChI=1S/C78H152O17P2/c1-9-70(7)56-48-40-32-26-19-15-11-12-16-20-28-34-44-52-60-78(83)95-74(65-89-76(81)59-51-43-37-36-41-49-57-71(8)10-2)67-93-97(86,87)91-63-72(79)62-90-96(84,85)92-66-73(64-88-75(80)58-50-42-33-27-23-22-25-31-39-47-55-69(5)6)94-77(82)61-53-45-35-29-21-17-13-14-18-24-30-38-46-54-68(3)4/h68-74,79H,9-67H2,1-8H3,(H,84,85)(H,86,87)/t70?,71?,72-,73-,74-/m1/s1. The Morgan fingerprint density at radius 2 is 0.495 bits per heavy atom. The molecule has 0 amide bonds. The van der Waals surface area contributed by atoms with Gasteiger partial charge in [0.1, 0.15) is 19.3 Å². The number of rotatable bonds is 75. The highest BCUT2D eigenvalue weighted by Gasteiger charge is 2.30. The van der Waals surface area contributed by atoms with Gasteiger partial charge >= 0.3 is 39.5 Å². The normalized spacial score (nSPS) is 14.6. The zero-order chi connectivity index (χ0) is 71.7. The number of phosphoric acid groups is 2. The van der Waals surface area contributed by atoms with Crippen LogP contribution < -0.4 is 0 Å². The number of carbonyl (C=O) groups is 4. The Hall–Kier alpha value is -1.94. The van der Waals surface area contributed by atoms with Crippen LogP contribution in [0.25, 0.3) is 0 Å². The maximum absolute atomic E-state index is 13.1. The molecule has 17 nitrogen and oxygen atoms in total. The Morgan fingerprint density at radius 1 is 0.289 bits per heavy atom. The molecule has 0 spiro atoms. The van der Waals surface area contributed by atoms with E-state index in [9.17, 15) is 43.2 Å². The first kappa shape index (κ1) is 95.1. The van der Waals surface area contributed by atoms with Crippen molar-refractivity contribution >= 4 is 39.5 Å². The van der Waals surface area contributed by atoms with Gasteiger partial charge in [-0.05, 0) is 49.4 Å². The van der Waals surface area contributed by atoms with E-state index in [-0.39, 0.29) is 25.7 Å². The molecule has 97 heavy (non-hydrogen) atoms. The predicted octanol–water partition coefficient (Wildman–Crippen LogP) is 22.8. The van der Waals surface area contributed by atoms with Crippen LogP contribution in [0, 0.1) is 23.7 Å². The first-order chi connectivity index (χ1) is 46.7. The molecule has 0 fully saturated rings. The molecule has 0 radical (unpaired) electrons. The molecule has 0 rings (SSSR count). The molecule has 576 valence electrons. The summed E-state index contributed by atoms with van der Waals surface area (Å²) in [5.41, 5.74) is 0. The molecule has 0 aliphatic carbocycles. The van der Waals surface area contributed by atoms with Crippen LogP contribution in [0.2, 0.25) is 0 Å². The van der Waals surface area contributed by atoms with Crippen LogP contribution in [0.1, 0.15) is 396 Å². The summed E-state index contributed by atoms with van der Waals surface area (Å²) < 4.78 is 68.6. The molecule has 19 heteroatoms. The van der Waals surface area contributed by atoms with E-state index in [4.69, 9.17) is 37.0 Å². The highest BCUT2D eigenvalue weighted by Crippen LogP contribution is 2.45. The monoisotopic (exact) mass is 1420 g/mol. The number of ether oxygens (including phenoxy) is 4. The Morgan fingerprint density at radius 3 is 0.732 bits per heavy atom. The van der Waals surface area contributed by atoms with Gasteiger partial charge in [-0.25, -0.2) is 9.13 Å². The minimum Gasteiger partial charge on any atom is -0.462 e. The number of hydrogen-bond donors (Lipinski definition) is 3. The van der Waals surface area contributed by atoms with E-state index in [0.717, 1.165) is 120 Å². The van der Waals surface area contributed by atoms with Crippen molar-refractivity contribution in [3.8, 4) is 0 Å². The average molecular weight is 1420 g/mol. The molecule has 0 aromatic carbocycles. The van der Waals surface area contributed by atoms with Gasteiger partial charge in [0.15, 0.2) is 12.2 Å². The lowest BCUT2D eigenvalue weighted by Crippen LogP contribution is -2.30. The zero-order valence-corrected chi connectivity index (χ0v) is 65.5. The van der Waals surface area contributed by atoms with Crippen LogP contribution in [0.3, 0.4) is 0 Å². The maximum Gasteiger partial charge on any atom is 0.472 e. The van der Waals surface area contributed by atoms with Crippen LogP contribution in [0.4, 0.5) is 0 Å². The number of aliphatic hydroxyl groups excluding tert-OH is 1. The summed E-state index contributed by atoms with van der Waals surface area (Å²) in [5, 5.41) is 10.6. The highest BCUT2D eigenvalue weighted by molar-refractivity contribution is 7.47. The van der Waals surface area contributed by atoms with Crippen molar-refractivity contribution < 1.29 is 80.2 Å². The third-order valence-corrected chi connectivity index (χ3v) is 20.7. The Bertz CT molecular complexity index is 1910. The van der Waals surface area contributed by atoms with Crippen LogP contribution in [-0.4, -0.2) is 96.7 Å². The zero-order valence-electron chi connectivity index (χ0n) is 63.7. The molecule has 0 saturated heterocycles. The summed E-state index contributed by atoms with van der Waals surface area (Å²) in [6.45, 7) is 14.2. The fraction of sp³-hybridized carbons (Fsp3) is 0.949. The first-order valence-electron chi connectivity index (χ1n) is 40.3. The van der Waals surface area contributed by atoms with Gasteiger partial charge in [-0.3, -0.25) is 37.3 Å².